The van der Waals surface area contributed by atoms with Gasteiger partial charge in [-0.25, -0.2) is 8.42 Å². The third kappa shape index (κ3) is 2.57. The third-order valence-electron chi connectivity index (χ3n) is 2.64. The van der Waals surface area contributed by atoms with Crippen LogP contribution in [0.25, 0.3) is 0 Å². The molecule has 1 aromatic rings. The highest BCUT2D eigenvalue weighted by molar-refractivity contribution is 9.10. The van der Waals surface area contributed by atoms with Gasteiger partial charge in [0.05, 0.1) is 29.7 Å². The van der Waals surface area contributed by atoms with E-state index in [2.05, 4.69) is 21.2 Å². The molecule has 1 aliphatic heterocycles. The first-order valence-corrected chi connectivity index (χ1v) is 7.89. The van der Waals surface area contributed by atoms with Crippen molar-refractivity contribution in [2.24, 2.45) is 0 Å². The van der Waals surface area contributed by atoms with E-state index in [0.29, 0.717) is 12.2 Å². The lowest BCUT2D eigenvalue weighted by molar-refractivity contribution is 0.546. The van der Waals surface area contributed by atoms with Crippen LogP contribution in [-0.2, 0) is 10.0 Å². The fourth-order valence-corrected chi connectivity index (χ4v) is 3.40. The van der Waals surface area contributed by atoms with E-state index in [-0.39, 0.29) is 5.54 Å². The number of nitrogens with zero attached hydrogens (tertiary/aromatic N) is 1. The van der Waals surface area contributed by atoms with Crippen LogP contribution in [-0.4, -0.2) is 26.8 Å². The van der Waals surface area contributed by atoms with Gasteiger partial charge in [0.25, 0.3) is 0 Å². The van der Waals surface area contributed by atoms with Gasteiger partial charge in [0.15, 0.2) is 0 Å². The van der Waals surface area contributed by atoms with E-state index in [1.165, 1.54) is 10.6 Å². The fourth-order valence-electron chi connectivity index (χ4n) is 1.97. The van der Waals surface area contributed by atoms with Crippen molar-refractivity contribution in [3.8, 4) is 0 Å². The zero-order valence-corrected chi connectivity index (χ0v) is 12.4. The van der Waals surface area contributed by atoms with Crippen LogP contribution in [0, 0.1) is 0 Å². The van der Waals surface area contributed by atoms with Gasteiger partial charge in [-0.3, -0.25) is 4.31 Å². The van der Waals surface area contributed by atoms with Crippen LogP contribution in [0.4, 0.5) is 11.4 Å². The molecule has 0 saturated carbocycles. The van der Waals surface area contributed by atoms with Crippen LogP contribution in [0.5, 0.6) is 0 Å². The summed E-state index contributed by atoms with van der Waals surface area (Å²) in [5.74, 6) is 0. The smallest absolute Gasteiger partial charge is 0.232 e. The molecule has 4 nitrogen and oxygen atoms in total. The number of hydrogen-bond acceptors (Lipinski definition) is 3. The lowest BCUT2D eigenvalue weighted by Crippen LogP contribution is -2.50. The first kappa shape index (κ1) is 12.7. The summed E-state index contributed by atoms with van der Waals surface area (Å²) in [5.41, 5.74) is 1.26. The predicted octanol–water partition coefficient (Wildman–Crippen LogP) is 2.42. The number of halogens is 1. The third-order valence-corrected chi connectivity index (χ3v) is 4.26. The highest BCUT2D eigenvalue weighted by Crippen LogP contribution is 2.37. The van der Waals surface area contributed by atoms with Crippen LogP contribution in [0.2, 0.25) is 0 Å². The average Bonchev–Trinajstić information content (AvgIpc) is 2.12. The maximum Gasteiger partial charge on any atom is 0.232 e. The molecule has 17 heavy (non-hydrogen) atoms. The van der Waals surface area contributed by atoms with E-state index >= 15 is 0 Å². The van der Waals surface area contributed by atoms with Gasteiger partial charge in [-0.05, 0) is 32.0 Å². The Morgan fingerprint density at radius 2 is 2.06 bits per heavy atom. The first-order chi connectivity index (χ1) is 7.69. The van der Waals surface area contributed by atoms with Crippen LogP contribution in [0.3, 0.4) is 0 Å². The molecule has 2 rings (SSSR count). The number of benzene rings is 1. The average molecular weight is 319 g/mol. The summed E-state index contributed by atoms with van der Waals surface area (Å²) in [6.45, 7) is 4.39. The number of fused-ring (bicyclic) bond motifs is 1. The van der Waals surface area contributed by atoms with Gasteiger partial charge in [0, 0.05) is 4.47 Å². The molecule has 0 aliphatic carbocycles. The molecular formula is C11H15BrN2O2S. The zero-order valence-electron chi connectivity index (χ0n) is 9.99. The minimum atomic E-state index is -3.25. The van der Waals surface area contributed by atoms with E-state index in [4.69, 9.17) is 0 Å². The number of nitrogens with one attached hydrogen (secondary N) is 1. The SMILES string of the molecule is CC1(C)CN(S(C)(=O)=O)c2ccc(Br)cc2N1. The highest BCUT2D eigenvalue weighted by Gasteiger charge is 2.33. The number of sulfonamides is 1. The van der Waals surface area contributed by atoms with Crippen molar-refractivity contribution >= 4 is 37.3 Å². The molecule has 0 saturated heterocycles. The Hall–Kier alpha value is -0.750. The Kier molecular flexibility index (Phi) is 2.90. The Labute approximate surface area is 110 Å². The Balaban J connectivity index is 2.59. The summed E-state index contributed by atoms with van der Waals surface area (Å²) in [5, 5.41) is 3.34. The standard InChI is InChI=1S/C11H15BrN2O2S/c1-11(2)7-14(17(3,15)16)10-5-4-8(12)6-9(10)13-11/h4-6,13H,7H2,1-3H3. The van der Waals surface area contributed by atoms with E-state index in [1.807, 2.05) is 32.0 Å². The van der Waals surface area contributed by atoms with Gasteiger partial charge in [-0.2, -0.15) is 0 Å². The molecule has 1 aromatic carbocycles. The molecule has 0 amide bonds. The first-order valence-electron chi connectivity index (χ1n) is 5.24. The van der Waals surface area contributed by atoms with Crippen molar-refractivity contribution in [1.82, 2.24) is 0 Å². The van der Waals surface area contributed by atoms with Crippen LogP contribution in [0.15, 0.2) is 22.7 Å². The molecule has 6 heteroatoms. The maximum absolute atomic E-state index is 11.8. The van der Waals surface area contributed by atoms with E-state index in [1.54, 1.807) is 0 Å². The minimum absolute atomic E-state index is 0.281. The summed E-state index contributed by atoms with van der Waals surface area (Å²) in [6, 6.07) is 5.55. The van der Waals surface area contributed by atoms with E-state index in [0.717, 1.165) is 10.2 Å². The lowest BCUT2D eigenvalue weighted by atomic mass is 10.0. The van der Waals surface area contributed by atoms with Gasteiger partial charge in [0.1, 0.15) is 0 Å². The van der Waals surface area contributed by atoms with Crippen molar-refractivity contribution < 1.29 is 8.42 Å². The molecule has 0 spiro atoms. The van der Waals surface area contributed by atoms with Crippen molar-refractivity contribution in [2.75, 3.05) is 22.4 Å². The quantitative estimate of drug-likeness (QED) is 0.865. The zero-order chi connectivity index (χ0) is 12.8. The van der Waals surface area contributed by atoms with Crippen LogP contribution < -0.4 is 9.62 Å². The van der Waals surface area contributed by atoms with Crippen molar-refractivity contribution in [1.29, 1.82) is 0 Å². The number of anilines is 2. The Morgan fingerprint density at radius 3 is 2.65 bits per heavy atom. The normalized spacial score (nSPS) is 18.5. The second-order valence-electron chi connectivity index (χ2n) is 4.94. The van der Waals surface area contributed by atoms with Gasteiger partial charge in [-0.1, -0.05) is 15.9 Å². The second kappa shape index (κ2) is 3.88. The number of rotatable bonds is 1. The van der Waals surface area contributed by atoms with Gasteiger partial charge < -0.3 is 5.32 Å². The Bertz CT molecular complexity index is 555. The topological polar surface area (TPSA) is 49.4 Å². The number of hydrogen-bond donors (Lipinski definition) is 1. The molecular weight excluding hydrogens is 304 g/mol. The van der Waals surface area contributed by atoms with Crippen molar-refractivity contribution in [3.05, 3.63) is 22.7 Å². The summed E-state index contributed by atoms with van der Waals surface area (Å²) < 4.78 is 26.0. The van der Waals surface area contributed by atoms with Gasteiger partial charge >= 0.3 is 0 Å². The summed E-state index contributed by atoms with van der Waals surface area (Å²) in [4.78, 5) is 0. The molecule has 1 heterocycles. The summed E-state index contributed by atoms with van der Waals surface area (Å²) >= 11 is 3.39. The molecule has 0 atom stereocenters. The highest BCUT2D eigenvalue weighted by atomic mass is 79.9. The van der Waals surface area contributed by atoms with E-state index < -0.39 is 10.0 Å². The minimum Gasteiger partial charge on any atom is -0.377 e. The molecule has 0 aromatic heterocycles. The van der Waals surface area contributed by atoms with E-state index in [9.17, 15) is 8.42 Å². The second-order valence-corrected chi connectivity index (χ2v) is 7.76. The maximum atomic E-state index is 11.8. The fraction of sp³-hybridized carbons (Fsp3) is 0.455. The molecule has 0 radical (unpaired) electrons. The Morgan fingerprint density at radius 1 is 1.41 bits per heavy atom. The largest absolute Gasteiger partial charge is 0.377 e. The summed E-state index contributed by atoms with van der Waals surface area (Å²) in [6.07, 6.45) is 1.24. The molecule has 1 N–H and O–H groups in total. The van der Waals surface area contributed by atoms with Gasteiger partial charge in [0.2, 0.25) is 10.0 Å². The monoisotopic (exact) mass is 318 g/mol. The lowest BCUT2D eigenvalue weighted by Gasteiger charge is -2.40. The molecule has 0 bridgehead atoms. The summed E-state index contributed by atoms with van der Waals surface area (Å²) in [7, 11) is -3.25. The van der Waals surface area contributed by atoms with Crippen LogP contribution in [0.1, 0.15) is 13.8 Å². The van der Waals surface area contributed by atoms with Gasteiger partial charge in [-0.15, -0.1) is 0 Å². The molecule has 94 valence electrons. The molecule has 0 fully saturated rings. The van der Waals surface area contributed by atoms with Crippen molar-refractivity contribution in [2.45, 2.75) is 19.4 Å². The van der Waals surface area contributed by atoms with Crippen molar-refractivity contribution in [3.63, 3.8) is 0 Å². The molecule has 1 aliphatic rings. The predicted molar refractivity (Wildman–Crippen MR) is 74.0 cm³/mol. The molecule has 0 unspecified atom stereocenters. The van der Waals surface area contributed by atoms with Crippen LogP contribution >= 0.6 is 15.9 Å².